The van der Waals surface area contributed by atoms with Crippen LogP contribution in [0.15, 0.2) is 67.3 Å². The highest BCUT2D eigenvalue weighted by molar-refractivity contribution is 6.10. The molecule has 0 N–H and O–H groups in total. The summed E-state index contributed by atoms with van der Waals surface area (Å²) in [5, 5.41) is 11.4. The molecule has 0 aliphatic carbocycles. The first-order valence-corrected chi connectivity index (χ1v) is 9.56. The number of pyridine rings is 1. The van der Waals surface area contributed by atoms with E-state index >= 15 is 0 Å². The van der Waals surface area contributed by atoms with Gasteiger partial charge in [0.15, 0.2) is 5.82 Å². The van der Waals surface area contributed by atoms with E-state index in [9.17, 15) is 5.26 Å². The summed E-state index contributed by atoms with van der Waals surface area (Å²) >= 11 is 0. The summed E-state index contributed by atoms with van der Waals surface area (Å²) in [6, 6.07) is 15.7. The second kappa shape index (κ2) is 7.43. The molecular formula is C24H17N5O2. The minimum absolute atomic E-state index is 0.456. The Morgan fingerprint density at radius 1 is 0.839 bits per heavy atom. The molecule has 0 saturated heterocycles. The van der Waals surface area contributed by atoms with Crippen LogP contribution in [0, 0.1) is 11.3 Å². The van der Waals surface area contributed by atoms with E-state index in [0.717, 1.165) is 39.0 Å². The molecule has 0 unspecified atom stereocenters. The van der Waals surface area contributed by atoms with Gasteiger partial charge >= 0.3 is 0 Å². The molecule has 0 amide bonds. The fourth-order valence-electron chi connectivity index (χ4n) is 3.76. The minimum atomic E-state index is 0.456. The van der Waals surface area contributed by atoms with E-state index in [2.05, 4.69) is 25.6 Å². The molecule has 7 heteroatoms. The Labute approximate surface area is 178 Å². The fourth-order valence-corrected chi connectivity index (χ4v) is 3.76. The van der Waals surface area contributed by atoms with Gasteiger partial charge in [-0.3, -0.25) is 4.98 Å². The molecule has 0 aliphatic heterocycles. The number of fused-ring (bicyclic) bond motifs is 3. The van der Waals surface area contributed by atoms with Gasteiger partial charge in [0, 0.05) is 23.2 Å². The summed E-state index contributed by atoms with van der Waals surface area (Å²) in [6.07, 6.45) is 6.69. The molecule has 0 atom stereocenters. The van der Waals surface area contributed by atoms with E-state index in [4.69, 9.17) is 9.47 Å². The first-order chi connectivity index (χ1) is 15.2. The monoisotopic (exact) mass is 407 g/mol. The maximum atomic E-state index is 9.35. The van der Waals surface area contributed by atoms with Gasteiger partial charge in [-0.05, 0) is 42.5 Å². The first kappa shape index (κ1) is 18.6. The van der Waals surface area contributed by atoms with Crippen LogP contribution < -0.4 is 9.47 Å². The number of nitrogens with zero attached hydrogens (tertiary/aromatic N) is 5. The van der Waals surface area contributed by atoms with Gasteiger partial charge < -0.3 is 14.0 Å². The highest BCUT2D eigenvalue weighted by Crippen LogP contribution is 2.36. The van der Waals surface area contributed by atoms with E-state index in [-0.39, 0.29) is 0 Å². The predicted molar refractivity (Wildman–Crippen MR) is 117 cm³/mol. The molecule has 150 valence electrons. The van der Waals surface area contributed by atoms with Crippen LogP contribution in [0.1, 0.15) is 5.56 Å². The quantitative estimate of drug-likeness (QED) is 0.435. The second-order valence-electron chi connectivity index (χ2n) is 6.90. The number of methoxy groups -OCH3 is 2. The van der Waals surface area contributed by atoms with E-state index < -0.39 is 0 Å². The average molecular weight is 407 g/mol. The Morgan fingerprint density at radius 2 is 1.45 bits per heavy atom. The Hall–Kier alpha value is -4.44. The Balaban J connectivity index is 1.72. The molecule has 2 aromatic carbocycles. The van der Waals surface area contributed by atoms with Gasteiger partial charge in [0.25, 0.3) is 0 Å². The van der Waals surface area contributed by atoms with Crippen molar-refractivity contribution in [1.29, 1.82) is 5.26 Å². The lowest BCUT2D eigenvalue weighted by Gasteiger charge is -2.09. The lowest BCUT2D eigenvalue weighted by Crippen LogP contribution is -1.99. The molecule has 0 bridgehead atoms. The zero-order valence-electron chi connectivity index (χ0n) is 16.9. The number of ether oxygens (including phenoxy) is 2. The van der Waals surface area contributed by atoms with Crippen molar-refractivity contribution in [2.45, 2.75) is 0 Å². The Morgan fingerprint density at radius 3 is 2.00 bits per heavy atom. The van der Waals surface area contributed by atoms with Crippen LogP contribution in [0.2, 0.25) is 0 Å². The molecule has 5 aromatic rings. The Bertz CT molecular complexity index is 1400. The summed E-state index contributed by atoms with van der Waals surface area (Å²) in [7, 11) is 3.31. The number of hydrogen-bond donors (Lipinski definition) is 0. The molecule has 0 spiro atoms. The molecule has 5 rings (SSSR count). The van der Waals surface area contributed by atoms with Crippen molar-refractivity contribution in [2.24, 2.45) is 0 Å². The molecule has 7 nitrogen and oxygen atoms in total. The van der Waals surface area contributed by atoms with Crippen molar-refractivity contribution in [3.8, 4) is 34.6 Å². The molecule has 31 heavy (non-hydrogen) atoms. The molecule has 0 saturated carbocycles. The number of hydrogen-bond acceptors (Lipinski definition) is 6. The van der Waals surface area contributed by atoms with Crippen LogP contribution in [0.4, 0.5) is 0 Å². The van der Waals surface area contributed by atoms with E-state index in [0.29, 0.717) is 17.0 Å². The molecular weight excluding hydrogens is 390 g/mol. The van der Waals surface area contributed by atoms with E-state index in [1.165, 1.54) is 0 Å². The van der Waals surface area contributed by atoms with Crippen LogP contribution in [-0.4, -0.2) is 33.7 Å². The van der Waals surface area contributed by atoms with Crippen molar-refractivity contribution in [3.05, 3.63) is 72.8 Å². The number of rotatable bonds is 4. The lowest BCUT2D eigenvalue weighted by molar-refractivity contribution is 0.415. The molecule has 3 aromatic heterocycles. The van der Waals surface area contributed by atoms with Crippen LogP contribution in [-0.2, 0) is 0 Å². The third-order valence-corrected chi connectivity index (χ3v) is 5.26. The van der Waals surface area contributed by atoms with Crippen molar-refractivity contribution >= 4 is 21.8 Å². The SMILES string of the molecule is COc1ccc2c(c1)c1cc(OC)ccc1n2-c1cnc(-c2cnccc2C#N)nc1. The van der Waals surface area contributed by atoms with Gasteiger partial charge in [-0.2, -0.15) is 5.26 Å². The normalized spacial score (nSPS) is 10.9. The van der Waals surface area contributed by atoms with Gasteiger partial charge in [0.1, 0.15) is 17.6 Å². The maximum Gasteiger partial charge on any atom is 0.162 e. The second-order valence-corrected chi connectivity index (χ2v) is 6.90. The largest absolute Gasteiger partial charge is 0.497 e. The van der Waals surface area contributed by atoms with Crippen molar-refractivity contribution < 1.29 is 9.47 Å². The summed E-state index contributed by atoms with van der Waals surface area (Å²) in [4.78, 5) is 13.1. The summed E-state index contributed by atoms with van der Waals surface area (Å²) < 4.78 is 13.0. The van der Waals surface area contributed by atoms with Crippen LogP contribution in [0.25, 0.3) is 38.9 Å². The zero-order valence-corrected chi connectivity index (χ0v) is 16.9. The number of aromatic nitrogens is 4. The lowest BCUT2D eigenvalue weighted by atomic mass is 10.1. The first-order valence-electron chi connectivity index (χ1n) is 9.56. The van der Waals surface area contributed by atoms with Gasteiger partial charge in [-0.15, -0.1) is 0 Å². The topological polar surface area (TPSA) is 85.9 Å². The third-order valence-electron chi connectivity index (χ3n) is 5.26. The van der Waals surface area contributed by atoms with Gasteiger partial charge in [-0.1, -0.05) is 0 Å². The van der Waals surface area contributed by atoms with Crippen molar-refractivity contribution in [3.63, 3.8) is 0 Å². The van der Waals surface area contributed by atoms with E-state index in [1.54, 1.807) is 45.1 Å². The van der Waals surface area contributed by atoms with Gasteiger partial charge in [-0.25, -0.2) is 9.97 Å². The van der Waals surface area contributed by atoms with E-state index in [1.807, 2.05) is 36.4 Å². The third kappa shape index (κ3) is 3.02. The standard InChI is InChI=1S/C24H17N5O2/c1-30-17-3-5-22-19(9-17)20-10-18(31-2)4-6-23(20)29(22)16-12-27-24(28-13-16)21-14-26-8-7-15(21)11-25/h3-10,12-14H,1-2H3. The smallest absolute Gasteiger partial charge is 0.162 e. The fraction of sp³-hybridized carbons (Fsp3) is 0.0833. The summed E-state index contributed by atoms with van der Waals surface area (Å²) in [6.45, 7) is 0. The van der Waals surface area contributed by atoms with Crippen LogP contribution in [0.5, 0.6) is 11.5 Å². The summed E-state index contributed by atoms with van der Waals surface area (Å²) in [5.41, 5.74) is 3.90. The van der Waals surface area contributed by atoms with Crippen LogP contribution in [0.3, 0.4) is 0 Å². The van der Waals surface area contributed by atoms with Crippen molar-refractivity contribution in [2.75, 3.05) is 14.2 Å². The van der Waals surface area contributed by atoms with Crippen molar-refractivity contribution in [1.82, 2.24) is 19.5 Å². The zero-order chi connectivity index (χ0) is 21.4. The summed E-state index contributed by atoms with van der Waals surface area (Å²) in [5.74, 6) is 2.01. The molecule has 0 aliphatic rings. The highest BCUT2D eigenvalue weighted by Gasteiger charge is 2.15. The maximum absolute atomic E-state index is 9.35. The average Bonchev–Trinajstić information content (AvgIpc) is 3.16. The molecule has 0 fully saturated rings. The predicted octanol–water partition coefficient (Wildman–Crippen LogP) is 4.52. The molecule has 3 heterocycles. The minimum Gasteiger partial charge on any atom is -0.497 e. The highest BCUT2D eigenvalue weighted by atomic mass is 16.5. The van der Waals surface area contributed by atoms with Gasteiger partial charge in [0.2, 0.25) is 0 Å². The number of benzene rings is 2. The number of nitriles is 1. The molecule has 0 radical (unpaired) electrons. The van der Waals surface area contributed by atoms with Crippen LogP contribution >= 0.6 is 0 Å². The van der Waals surface area contributed by atoms with Gasteiger partial charge in [0.05, 0.1) is 54.5 Å². The Kier molecular flexibility index (Phi) is 4.45.